The van der Waals surface area contributed by atoms with Crippen LogP contribution in [0.3, 0.4) is 0 Å². The van der Waals surface area contributed by atoms with Crippen LogP contribution >= 0.6 is 0 Å². The van der Waals surface area contributed by atoms with Gasteiger partial charge >= 0.3 is 11.9 Å². The largest absolute Gasteiger partial charge is 0.489 e. The molecule has 1 aromatic heterocycles. The van der Waals surface area contributed by atoms with E-state index in [2.05, 4.69) is 9.72 Å². The molecule has 1 aliphatic heterocycles. The fraction of sp³-hybridized carbons (Fsp3) is 0.533. The molecule has 6 heteroatoms. The summed E-state index contributed by atoms with van der Waals surface area (Å²) in [4.78, 5) is 28.4. The Morgan fingerprint density at radius 2 is 1.81 bits per heavy atom. The van der Waals surface area contributed by atoms with E-state index in [-0.39, 0.29) is 19.2 Å². The van der Waals surface area contributed by atoms with E-state index in [9.17, 15) is 9.59 Å². The van der Waals surface area contributed by atoms with Gasteiger partial charge in [0.1, 0.15) is 24.7 Å². The van der Waals surface area contributed by atoms with Gasteiger partial charge in [0.2, 0.25) is 0 Å². The fourth-order valence-electron chi connectivity index (χ4n) is 2.73. The molecule has 1 aliphatic carbocycles. The van der Waals surface area contributed by atoms with Gasteiger partial charge in [0.15, 0.2) is 0 Å². The van der Waals surface area contributed by atoms with Gasteiger partial charge in [0.05, 0.1) is 12.3 Å². The number of cyclic esters (lactones) is 2. The minimum atomic E-state index is -0.546. The molecule has 3 rings (SSSR count). The van der Waals surface area contributed by atoms with E-state index in [1.807, 2.05) is 6.07 Å². The summed E-state index contributed by atoms with van der Waals surface area (Å²) in [5.41, 5.74) is 0. The van der Waals surface area contributed by atoms with Crippen LogP contribution in [0.25, 0.3) is 0 Å². The van der Waals surface area contributed by atoms with Crippen LogP contribution < -0.4 is 9.64 Å². The molecule has 0 unspecified atom stereocenters. The molecule has 2 heterocycles. The maximum Gasteiger partial charge on any atom is 0.333 e. The molecule has 0 aromatic carbocycles. The van der Waals surface area contributed by atoms with Crippen LogP contribution in [-0.2, 0) is 14.3 Å². The SMILES string of the molecule is O=C1CN(c2ccc(OC3CCCCC3)cn2)CC(=O)O1. The Morgan fingerprint density at radius 3 is 2.43 bits per heavy atom. The Hall–Kier alpha value is -2.11. The Kier molecular flexibility index (Phi) is 4.03. The van der Waals surface area contributed by atoms with Gasteiger partial charge in [0.25, 0.3) is 0 Å². The van der Waals surface area contributed by atoms with Crippen LogP contribution in [0.5, 0.6) is 5.75 Å². The van der Waals surface area contributed by atoms with Crippen LogP contribution in [0, 0.1) is 0 Å². The zero-order valence-electron chi connectivity index (χ0n) is 11.8. The molecule has 112 valence electrons. The minimum absolute atomic E-state index is 0.0432. The van der Waals surface area contributed by atoms with Crippen molar-refractivity contribution in [3.8, 4) is 5.75 Å². The number of rotatable bonds is 3. The van der Waals surface area contributed by atoms with E-state index < -0.39 is 11.9 Å². The number of hydrogen-bond acceptors (Lipinski definition) is 6. The highest BCUT2D eigenvalue weighted by Crippen LogP contribution is 2.24. The number of anilines is 1. The Balaban J connectivity index is 1.63. The first kappa shape index (κ1) is 13.9. The number of pyridine rings is 1. The monoisotopic (exact) mass is 290 g/mol. The lowest BCUT2D eigenvalue weighted by Crippen LogP contribution is -2.43. The molecule has 0 radical (unpaired) electrons. The molecule has 1 saturated heterocycles. The summed E-state index contributed by atoms with van der Waals surface area (Å²) in [5.74, 6) is 0.221. The molecule has 2 fully saturated rings. The van der Waals surface area contributed by atoms with Crippen molar-refractivity contribution in [3.05, 3.63) is 18.3 Å². The molecule has 0 bridgehead atoms. The van der Waals surface area contributed by atoms with Crippen molar-refractivity contribution in [2.24, 2.45) is 0 Å². The molecule has 6 nitrogen and oxygen atoms in total. The third-order valence-electron chi connectivity index (χ3n) is 3.77. The van der Waals surface area contributed by atoms with E-state index in [1.54, 1.807) is 17.2 Å². The topological polar surface area (TPSA) is 68.7 Å². The first-order valence-electron chi connectivity index (χ1n) is 7.32. The van der Waals surface area contributed by atoms with Crippen molar-refractivity contribution in [2.75, 3.05) is 18.0 Å². The van der Waals surface area contributed by atoms with Gasteiger partial charge in [0, 0.05) is 0 Å². The zero-order chi connectivity index (χ0) is 14.7. The normalized spacial score (nSPS) is 20.3. The average Bonchev–Trinajstić information content (AvgIpc) is 2.48. The predicted octanol–water partition coefficient (Wildman–Crippen LogP) is 1.68. The maximum atomic E-state index is 11.2. The fourth-order valence-corrected chi connectivity index (χ4v) is 2.73. The van der Waals surface area contributed by atoms with Crippen LogP contribution in [0.4, 0.5) is 5.82 Å². The number of nitrogens with zero attached hydrogens (tertiary/aromatic N) is 2. The van der Waals surface area contributed by atoms with E-state index in [0.29, 0.717) is 5.82 Å². The van der Waals surface area contributed by atoms with Gasteiger partial charge in [-0.1, -0.05) is 6.42 Å². The molecule has 1 aromatic rings. The third-order valence-corrected chi connectivity index (χ3v) is 3.77. The van der Waals surface area contributed by atoms with Gasteiger partial charge in [-0.15, -0.1) is 0 Å². The second kappa shape index (κ2) is 6.11. The van der Waals surface area contributed by atoms with Crippen LogP contribution in [0.15, 0.2) is 18.3 Å². The highest BCUT2D eigenvalue weighted by molar-refractivity contribution is 5.94. The van der Waals surface area contributed by atoms with E-state index in [0.717, 1.165) is 18.6 Å². The Bertz CT molecular complexity index is 507. The lowest BCUT2D eigenvalue weighted by Gasteiger charge is -2.26. The maximum absolute atomic E-state index is 11.2. The number of hydrogen-bond donors (Lipinski definition) is 0. The second-order valence-corrected chi connectivity index (χ2v) is 5.43. The molecule has 1 saturated carbocycles. The van der Waals surface area contributed by atoms with Gasteiger partial charge < -0.3 is 14.4 Å². The summed E-state index contributed by atoms with van der Waals surface area (Å²) in [5, 5.41) is 0. The molecular weight excluding hydrogens is 272 g/mol. The zero-order valence-corrected chi connectivity index (χ0v) is 11.8. The second-order valence-electron chi connectivity index (χ2n) is 5.43. The van der Waals surface area contributed by atoms with Crippen molar-refractivity contribution in [2.45, 2.75) is 38.2 Å². The van der Waals surface area contributed by atoms with Gasteiger partial charge in [-0.05, 0) is 37.8 Å². The van der Waals surface area contributed by atoms with Gasteiger partial charge in [-0.3, -0.25) is 0 Å². The number of morpholine rings is 1. The van der Waals surface area contributed by atoms with Gasteiger partial charge in [-0.2, -0.15) is 0 Å². The first-order chi connectivity index (χ1) is 10.2. The molecule has 0 amide bonds. The molecule has 0 spiro atoms. The van der Waals surface area contributed by atoms with Crippen LogP contribution in [0.2, 0.25) is 0 Å². The van der Waals surface area contributed by atoms with E-state index in [1.165, 1.54) is 19.3 Å². The smallest absolute Gasteiger partial charge is 0.333 e. The first-order valence-corrected chi connectivity index (χ1v) is 7.32. The highest BCUT2D eigenvalue weighted by atomic mass is 16.6. The quantitative estimate of drug-likeness (QED) is 0.623. The number of aromatic nitrogens is 1. The number of carbonyl (C=O) groups excluding carboxylic acids is 2. The van der Waals surface area contributed by atoms with E-state index in [4.69, 9.17) is 4.74 Å². The molecule has 2 aliphatic rings. The lowest BCUT2D eigenvalue weighted by atomic mass is 9.98. The van der Waals surface area contributed by atoms with Crippen LogP contribution in [-0.4, -0.2) is 36.1 Å². The third kappa shape index (κ3) is 3.51. The summed E-state index contributed by atoms with van der Waals surface area (Å²) in [7, 11) is 0. The predicted molar refractivity (Wildman–Crippen MR) is 75.1 cm³/mol. The highest BCUT2D eigenvalue weighted by Gasteiger charge is 2.25. The summed E-state index contributed by atoms with van der Waals surface area (Å²) < 4.78 is 10.4. The summed E-state index contributed by atoms with van der Waals surface area (Å²) >= 11 is 0. The van der Waals surface area contributed by atoms with Crippen LogP contribution in [0.1, 0.15) is 32.1 Å². The van der Waals surface area contributed by atoms with Crippen molar-refractivity contribution in [1.82, 2.24) is 4.98 Å². The molecule has 21 heavy (non-hydrogen) atoms. The number of esters is 2. The van der Waals surface area contributed by atoms with Crippen molar-refractivity contribution >= 4 is 17.8 Å². The standard InChI is InChI=1S/C15H18N2O4/c18-14-9-17(10-15(19)21-14)13-7-6-12(8-16-13)20-11-4-2-1-3-5-11/h6-8,11H,1-5,9-10H2. The van der Waals surface area contributed by atoms with Crippen molar-refractivity contribution in [3.63, 3.8) is 0 Å². The van der Waals surface area contributed by atoms with Gasteiger partial charge in [-0.25, -0.2) is 14.6 Å². The summed E-state index contributed by atoms with van der Waals surface area (Å²) in [6.07, 6.45) is 7.83. The number of carbonyl (C=O) groups is 2. The average molecular weight is 290 g/mol. The Morgan fingerprint density at radius 1 is 1.10 bits per heavy atom. The number of ether oxygens (including phenoxy) is 2. The Labute approximate surface area is 123 Å². The summed E-state index contributed by atoms with van der Waals surface area (Å²) in [6, 6.07) is 3.60. The lowest BCUT2D eigenvalue weighted by molar-refractivity contribution is -0.160. The van der Waals surface area contributed by atoms with E-state index >= 15 is 0 Å². The molecule has 0 atom stereocenters. The molecular formula is C15H18N2O4. The summed E-state index contributed by atoms with van der Waals surface area (Å²) in [6.45, 7) is 0.0864. The molecule has 0 N–H and O–H groups in total. The van der Waals surface area contributed by atoms with Crippen molar-refractivity contribution in [1.29, 1.82) is 0 Å². The van der Waals surface area contributed by atoms with Crippen molar-refractivity contribution < 1.29 is 19.1 Å². The minimum Gasteiger partial charge on any atom is -0.489 e.